The molecule has 0 unspecified atom stereocenters. The van der Waals surface area contributed by atoms with E-state index in [9.17, 15) is 4.79 Å². The van der Waals surface area contributed by atoms with Crippen LogP contribution in [0.2, 0.25) is 0 Å². The van der Waals surface area contributed by atoms with Crippen molar-refractivity contribution < 1.29 is 9.53 Å². The van der Waals surface area contributed by atoms with Crippen molar-refractivity contribution in [3.63, 3.8) is 0 Å². The fourth-order valence-corrected chi connectivity index (χ4v) is 2.44. The maximum Gasteiger partial charge on any atom is 0.255 e. The summed E-state index contributed by atoms with van der Waals surface area (Å²) in [6, 6.07) is 8.67. The number of nitrogens with two attached hydrogens (primary N) is 2. The van der Waals surface area contributed by atoms with Gasteiger partial charge in [0.2, 0.25) is 0 Å². The molecule has 0 aliphatic heterocycles. The SMILES string of the molecule is NC(=O)COc1ccc(CNC2CCC(N)CC2)cc1. The first kappa shape index (κ1) is 14.8. The quantitative estimate of drug-likeness (QED) is 0.721. The first-order chi connectivity index (χ1) is 9.63. The molecular formula is C15H23N3O2. The Morgan fingerprint density at radius 1 is 1.20 bits per heavy atom. The van der Waals surface area contributed by atoms with Crippen LogP contribution in [0.3, 0.4) is 0 Å². The Morgan fingerprint density at radius 3 is 2.45 bits per heavy atom. The molecule has 1 aromatic rings. The molecule has 1 aromatic carbocycles. The summed E-state index contributed by atoms with van der Waals surface area (Å²) in [4.78, 5) is 10.6. The number of hydrogen-bond acceptors (Lipinski definition) is 4. The molecule has 5 N–H and O–H groups in total. The van der Waals surface area contributed by atoms with Crippen LogP contribution in [0.5, 0.6) is 5.75 Å². The van der Waals surface area contributed by atoms with Crippen molar-refractivity contribution in [1.29, 1.82) is 0 Å². The molecule has 5 nitrogen and oxygen atoms in total. The molecule has 0 spiro atoms. The molecule has 1 aliphatic rings. The lowest BCUT2D eigenvalue weighted by Crippen LogP contribution is -2.36. The fourth-order valence-electron chi connectivity index (χ4n) is 2.44. The van der Waals surface area contributed by atoms with Crippen LogP contribution >= 0.6 is 0 Å². The number of primary amides is 1. The van der Waals surface area contributed by atoms with Crippen LogP contribution in [0.1, 0.15) is 31.2 Å². The zero-order valence-electron chi connectivity index (χ0n) is 11.7. The van der Waals surface area contributed by atoms with Gasteiger partial charge < -0.3 is 21.5 Å². The van der Waals surface area contributed by atoms with Crippen LogP contribution < -0.4 is 21.5 Å². The van der Waals surface area contributed by atoms with Crippen LogP contribution in [0, 0.1) is 0 Å². The average Bonchev–Trinajstić information content (AvgIpc) is 2.45. The van der Waals surface area contributed by atoms with Gasteiger partial charge in [0.25, 0.3) is 5.91 Å². The van der Waals surface area contributed by atoms with Crippen molar-refractivity contribution in [3.05, 3.63) is 29.8 Å². The molecule has 0 bridgehead atoms. The first-order valence-electron chi connectivity index (χ1n) is 7.12. The highest BCUT2D eigenvalue weighted by atomic mass is 16.5. The predicted octanol–water partition coefficient (Wildman–Crippen LogP) is 0.910. The molecule has 0 heterocycles. The van der Waals surface area contributed by atoms with Gasteiger partial charge in [-0.2, -0.15) is 0 Å². The summed E-state index contributed by atoms with van der Waals surface area (Å²) in [6.07, 6.45) is 4.52. The Morgan fingerprint density at radius 2 is 1.85 bits per heavy atom. The number of rotatable bonds is 6. The predicted molar refractivity (Wildman–Crippen MR) is 78.2 cm³/mol. The Labute approximate surface area is 119 Å². The monoisotopic (exact) mass is 277 g/mol. The molecule has 1 saturated carbocycles. The van der Waals surface area contributed by atoms with Crippen LogP contribution in [-0.4, -0.2) is 24.6 Å². The van der Waals surface area contributed by atoms with E-state index in [4.69, 9.17) is 16.2 Å². The van der Waals surface area contributed by atoms with Gasteiger partial charge in [-0.05, 0) is 43.4 Å². The molecule has 1 aliphatic carbocycles. The smallest absolute Gasteiger partial charge is 0.255 e. The summed E-state index contributed by atoms with van der Waals surface area (Å²) >= 11 is 0. The number of hydrogen-bond donors (Lipinski definition) is 3. The minimum absolute atomic E-state index is 0.0834. The van der Waals surface area contributed by atoms with E-state index in [1.54, 1.807) is 0 Å². The number of carbonyl (C=O) groups is 1. The van der Waals surface area contributed by atoms with Crippen LogP contribution in [0.25, 0.3) is 0 Å². The molecule has 20 heavy (non-hydrogen) atoms. The van der Waals surface area contributed by atoms with Crippen molar-refractivity contribution in [2.24, 2.45) is 11.5 Å². The van der Waals surface area contributed by atoms with E-state index >= 15 is 0 Å². The zero-order chi connectivity index (χ0) is 14.4. The summed E-state index contributed by atoms with van der Waals surface area (Å²) in [7, 11) is 0. The number of amides is 1. The van der Waals surface area contributed by atoms with E-state index in [0.717, 1.165) is 32.2 Å². The van der Waals surface area contributed by atoms with E-state index in [1.807, 2.05) is 24.3 Å². The number of carbonyl (C=O) groups excluding carboxylic acids is 1. The topological polar surface area (TPSA) is 90.4 Å². The number of ether oxygens (including phenoxy) is 1. The van der Waals surface area contributed by atoms with Gasteiger partial charge in [0, 0.05) is 18.6 Å². The molecule has 0 aromatic heterocycles. The highest BCUT2D eigenvalue weighted by molar-refractivity contribution is 5.75. The van der Waals surface area contributed by atoms with Crippen LogP contribution in [0.4, 0.5) is 0 Å². The van der Waals surface area contributed by atoms with E-state index in [2.05, 4.69) is 5.32 Å². The van der Waals surface area contributed by atoms with Gasteiger partial charge in [-0.25, -0.2) is 0 Å². The molecular weight excluding hydrogens is 254 g/mol. The third-order valence-corrected chi connectivity index (χ3v) is 3.67. The maximum atomic E-state index is 10.6. The minimum Gasteiger partial charge on any atom is -0.484 e. The lowest BCUT2D eigenvalue weighted by Gasteiger charge is -2.27. The second-order valence-corrected chi connectivity index (χ2v) is 5.39. The van der Waals surface area contributed by atoms with Gasteiger partial charge in [-0.3, -0.25) is 4.79 Å². The van der Waals surface area contributed by atoms with Gasteiger partial charge in [0.15, 0.2) is 6.61 Å². The van der Waals surface area contributed by atoms with Gasteiger partial charge in [-0.15, -0.1) is 0 Å². The molecule has 2 rings (SSSR count). The van der Waals surface area contributed by atoms with Crippen LogP contribution in [0.15, 0.2) is 24.3 Å². The van der Waals surface area contributed by atoms with Crippen molar-refractivity contribution in [2.45, 2.75) is 44.3 Å². The summed E-state index contributed by atoms with van der Waals surface area (Å²) in [5.41, 5.74) is 12.1. The van der Waals surface area contributed by atoms with Gasteiger partial charge in [-0.1, -0.05) is 12.1 Å². The molecule has 1 fully saturated rings. The molecule has 0 saturated heterocycles. The summed E-state index contributed by atoms with van der Waals surface area (Å²) in [5.74, 6) is 0.197. The normalized spacial score (nSPS) is 22.4. The Balaban J connectivity index is 1.74. The molecule has 0 atom stereocenters. The standard InChI is InChI=1S/C15H23N3O2/c16-12-3-5-13(6-4-12)18-9-11-1-7-14(8-2-11)20-10-15(17)19/h1-2,7-8,12-13,18H,3-6,9-10,16H2,(H2,17,19). The zero-order valence-corrected chi connectivity index (χ0v) is 11.7. The molecule has 1 amide bonds. The van der Waals surface area contributed by atoms with E-state index in [-0.39, 0.29) is 6.61 Å². The lowest BCUT2D eigenvalue weighted by molar-refractivity contribution is -0.119. The average molecular weight is 277 g/mol. The van der Waals surface area contributed by atoms with Gasteiger partial charge >= 0.3 is 0 Å². The second kappa shape index (κ2) is 7.26. The summed E-state index contributed by atoms with van der Waals surface area (Å²) in [5, 5.41) is 3.56. The lowest BCUT2D eigenvalue weighted by atomic mass is 9.92. The molecule has 0 radical (unpaired) electrons. The molecule has 5 heteroatoms. The van der Waals surface area contributed by atoms with Crippen molar-refractivity contribution in [3.8, 4) is 5.75 Å². The van der Waals surface area contributed by atoms with E-state index in [0.29, 0.717) is 17.8 Å². The number of benzene rings is 1. The number of nitrogens with one attached hydrogen (secondary N) is 1. The fraction of sp³-hybridized carbons (Fsp3) is 0.533. The van der Waals surface area contributed by atoms with E-state index < -0.39 is 5.91 Å². The highest BCUT2D eigenvalue weighted by Crippen LogP contribution is 2.18. The van der Waals surface area contributed by atoms with Gasteiger partial charge in [0.05, 0.1) is 0 Å². The van der Waals surface area contributed by atoms with Crippen molar-refractivity contribution >= 4 is 5.91 Å². The van der Waals surface area contributed by atoms with E-state index in [1.165, 1.54) is 5.56 Å². The Kier molecular flexibility index (Phi) is 5.38. The van der Waals surface area contributed by atoms with Crippen molar-refractivity contribution in [2.75, 3.05) is 6.61 Å². The largest absolute Gasteiger partial charge is 0.484 e. The minimum atomic E-state index is -0.466. The Bertz CT molecular complexity index is 425. The molecule has 110 valence electrons. The van der Waals surface area contributed by atoms with Gasteiger partial charge in [0.1, 0.15) is 5.75 Å². The highest BCUT2D eigenvalue weighted by Gasteiger charge is 2.17. The Hall–Kier alpha value is -1.59. The summed E-state index contributed by atoms with van der Waals surface area (Å²) < 4.78 is 5.22. The third kappa shape index (κ3) is 4.83. The van der Waals surface area contributed by atoms with Crippen molar-refractivity contribution in [1.82, 2.24) is 5.32 Å². The first-order valence-corrected chi connectivity index (χ1v) is 7.12. The van der Waals surface area contributed by atoms with Crippen LogP contribution in [-0.2, 0) is 11.3 Å². The second-order valence-electron chi connectivity index (χ2n) is 5.39. The maximum absolute atomic E-state index is 10.6. The third-order valence-electron chi connectivity index (χ3n) is 3.67. The summed E-state index contributed by atoms with van der Waals surface area (Å²) in [6.45, 7) is 0.760.